The first-order chi connectivity index (χ1) is 9.65. The first-order valence-electron chi connectivity index (χ1n) is 6.28. The topological polar surface area (TPSA) is 66.4 Å². The first kappa shape index (κ1) is 13.8. The largest absolute Gasteiger partial charge is 0.481 e. The highest BCUT2D eigenvalue weighted by Gasteiger charge is 2.06. The molecule has 20 heavy (non-hydrogen) atoms. The Labute approximate surface area is 117 Å². The number of carboxylic acid groups (broad SMARTS) is 1. The molecular weight excluding hydrogens is 254 g/mol. The van der Waals surface area contributed by atoms with Gasteiger partial charge in [0.2, 0.25) is 5.91 Å². The molecule has 0 aliphatic rings. The number of aliphatic carboxylic acids is 1. The molecule has 2 N–H and O–H groups in total. The predicted molar refractivity (Wildman–Crippen MR) is 76.0 cm³/mol. The molecule has 102 valence electrons. The molecule has 0 heterocycles. The maximum Gasteiger partial charge on any atom is 0.312 e. The van der Waals surface area contributed by atoms with Crippen molar-refractivity contribution in [2.45, 2.75) is 13.0 Å². The number of carbonyl (C=O) groups is 2. The summed E-state index contributed by atoms with van der Waals surface area (Å²) < 4.78 is 0. The third kappa shape index (κ3) is 3.95. The molecule has 2 rings (SSSR count). The first-order valence-corrected chi connectivity index (χ1v) is 6.28. The monoisotopic (exact) mass is 269 g/mol. The fourth-order valence-electron chi connectivity index (χ4n) is 1.85. The van der Waals surface area contributed by atoms with Crippen molar-refractivity contribution in [3.63, 3.8) is 0 Å². The van der Waals surface area contributed by atoms with Gasteiger partial charge in [-0.2, -0.15) is 0 Å². The minimum Gasteiger partial charge on any atom is -0.481 e. The normalized spacial score (nSPS) is 10.0. The van der Waals surface area contributed by atoms with Crippen LogP contribution in [0.15, 0.2) is 54.6 Å². The van der Waals surface area contributed by atoms with E-state index in [1.807, 2.05) is 54.6 Å². The molecule has 0 bridgehead atoms. The average Bonchev–Trinajstić information content (AvgIpc) is 2.46. The average molecular weight is 269 g/mol. The second kappa shape index (κ2) is 6.52. The van der Waals surface area contributed by atoms with Gasteiger partial charge in [0, 0.05) is 6.54 Å². The Bertz CT molecular complexity index is 591. The van der Waals surface area contributed by atoms with Crippen LogP contribution in [0.4, 0.5) is 0 Å². The maximum atomic E-state index is 11.2. The van der Waals surface area contributed by atoms with E-state index in [-0.39, 0.29) is 0 Å². The molecule has 0 aromatic heterocycles. The summed E-state index contributed by atoms with van der Waals surface area (Å²) in [4.78, 5) is 21.6. The van der Waals surface area contributed by atoms with E-state index < -0.39 is 18.3 Å². The summed E-state index contributed by atoms with van der Waals surface area (Å²) in [6.07, 6.45) is -0.498. The molecule has 0 spiro atoms. The zero-order valence-electron chi connectivity index (χ0n) is 10.9. The van der Waals surface area contributed by atoms with Crippen LogP contribution in [0.5, 0.6) is 0 Å². The van der Waals surface area contributed by atoms with Crippen LogP contribution in [0.1, 0.15) is 12.0 Å². The van der Waals surface area contributed by atoms with Gasteiger partial charge in [-0.05, 0) is 16.7 Å². The lowest BCUT2D eigenvalue weighted by atomic mass is 10.0. The molecule has 0 fully saturated rings. The van der Waals surface area contributed by atoms with Crippen molar-refractivity contribution in [2.75, 3.05) is 0 Å². The van der Waals surface area contributed by atoms with Crippen molar-refractivity contribution in [2.24, 2.45) is 0 Å². The second-order valence-corrected chi connectivity index (χ2v) is 4.41. The molecule has 4 nitrogen and oxygen atoms in total. The maximum absolute atomic E-state index is 11.2. The Morgan fingerprint density at radius 1 is 0.900 bits per heavy atom. The van der Waals surface area contributed by atoms with E-state index in [0.29, 0.717) is 6.54 Å². The highest BCUT2D eigenvalue weighted by Crippen LogP contribution is 2.19. The molecule has 0 unspecified atom stereocenters. The summed E-state index contributed by atoms with van der Waals surface area (Å²) in [6, 6.07) is 17.8. The number of nitrogens with one attached hydrogen (secondary N) is 1. The highest BCUT2D eigenvalue weighted by molar-refractivity contribution is 5.93. The molecule has 0 saturated heterocycles. The lowest BCUT2D eigenvalue weighted by Crippen LogP contribution is -2.24. The van der Waals surface area contributed by atoms with Crippen LogP contribution in [0, 0.1) is 0 Å². The Balaban J connectivity index is 1.95. The predicted octanol–water partition coefficient (Wildman–Crippen LogP) is 2.44. The van der Waals surface area contributed by atoms with Gasteiger partial charge in [0.25, 0.3) is 0 Å². The van der Waals surface area contributed by atoms with Gasteiger partial charge in [-0.1, -0.05) is 54.6 Å². The van der Waals surface area contributed by atoms with E-state index in [4.69, 9.17) is 5.11 Å². The number of hydrogen-bond donors (Lipinski definition) is 2. The SMILES string of the molecule is O=C(O)CC(=O)NCc1ccc(-c2ccccc2)cc1. The van der Waals surface area contributed by atoms with E-state index in [9.17, 15) is 9.59 Å². The Hall–Kier alpha value is -2.62. The van der Waals surface area contributed by atoms with Crippen molar-refractivity contribution >= 4 is 11.9 Å². The molecule has 1 amide bonds. The molecule has 0 aliphatic heterocycles. The number of carboxylic acids is 1. The summed E-state index contributed by atoms with van der Waals surface area (Å²) in [6.45, 7) is 0.335. The minimum atomic E-state index is -1.12. The van der Waals surface area contributed by atoms with Crippen molar-refractivity contribution < 1.29 is 14.7 Å². The Kier molecular flexibility index (Phi) is 4.50. The van der Waals surface area contributed by atoms with Gasteiger partial charge in [0.1, 0.15) is 6.42 Å². The standard InChI is InChI=1S/C16H15NO3/c18-15(10-16(19)20)17-11-12-6-8-14(9-7-12)13-4-2-1-3-5-13/h1-9H,10-11H2,(H,17,18)(H,19,20). The zero-order chi connectivity index (χ0) is 14.4. The fourth-order valence-corrected chi connectivity index (χ4v) is 1.85. The van der Waals surface area contributed by atoms with Gasteiger partial charge >= 0.3 is 5.97 Å². The third-order valence-electron chi connectivity index (χ3n) is 2.86. The minimum absolute atomic E-state index is 0.335. The van der Waals surface area contributed by atoms with Crippen molar-refractivity contribution in [3.8, 4) is 11.1 Å². The van der Waals surface area contributed by atoms with Crippen LogP contribution < -0.4 is 5.32 Å². The van der Waals surface area contributed by atoms with Crippen molar-refractivity contribution in [1.82, 2.24) is 5.32 Å². The molecule has 0 saturated carbocycles. The molecule has 2 aromatic rings. The van der Waals surface area contributed by atoms with E-state index >= 15 is 0 Å². The Morgan fingerprint density at radius 2 is 1.50 bits per heavy atom. The molecule has 4 heteroatoms. The lowest BCUT2D eigenvalue weighted by Gasteiger charge is -2.06. The number of benzene rings is 2. The summed E-state index contributed by atoms with van der Waals surface area (Å²) >= 11 is 0. The van der Waals surface area contributed by atoms with Crippen LogP contribution in [-0.2, 0) is 16.1 Å². The van der Waals surface area contributed by atoms with Crippen molar-refractivity contribution in [1.29, 1.82) is 0 Å². The number of amides is 1. The number of hydrogen-bond acceptors (Lipinski definition) is 2. The second-order valence-electron chi connectivity index (χ2n) is 4.41. The van der Waals surface area contributed by atoms with Gasteiger partial charge in [-0.3, -0.25) is 9.59 Å². The summed E-state index contributed by atoms with van der Waals surface area (Å²) in [5.41, 5.74) is 3.17. The molecule has 0 radical (unpaired) electrons. The highest BCUT2D eigenvalue weighted by atomic mass is 16.4. The number of carbonyl (C=O) groups excluding carboxylic acids is 1. The van der Waals surface area contributed by atoms with Crippen molar-refractivity contribution in [3.05, 3.63) is 60.2 Å². The molecule has 0 atom stereocenters. The zero-order valence-corrected chi connectivity index (χ0v) is 10.9. The molecule has 0 aliphatic carbocycles. The van der Waals surface area contributed by atoms with Gasteiger partial charge in [0.15, 0.2) is 0 Å². The summed E-state index contributed by atoms with van der Waals surface area (Å²) in [5, 5.41) is 11.1. The van der Waals surface area contributed by atoms with E-state index in [1.54, 1.807) is 0 Å². The van der Waals surface area contributed by atoms with Gasteiger partial charge in [-0.25, -0.2) is 0 Å². The molecular formula is C16H15NO3. The third-order valence-corrected chi connectivity index (χ3v) is 2.86. The van der Waals surface area contributed by atoms with Crippen LogP contribution in [0.3, 0.4) is 0 Å². The molecule has 2 aromatic carbocycles. The smallest absolute Gasteiger partial charge is 0.312 e. The van der Waals surface area contributed by atoms with Gasteiger partial charge in [-0.15, -0.1) is 0 Å². The summed E-state index contributed by atoms with van der Waals surface area (Å²) in [7, 11) is 0. The van der Waals surface area contributed by atoms with Crippen LogP contribution in [-0.4, -0.2) is 17.0 Å². The van der Waals surface area contributed by atoms with E-state index in [2.05, 4.69) is 5.32 Å². The Morgan fingerprint density at radius 3 is 2.10 bits per heavy atom. The van der Waals surface area contributed by atoms with Crippen LogP contribution >= 0.6 is 0 Å². The summed E-state index contributed by atoms with van der Waals surface area (Å²) in [5.74, 6) is -1.61. The number of rotatable bonds is 5. The van der Waals surface area contributed by atoms with E-state index in [0.717, 1.165) is 16.7 Å². The fraction of sp³-hybridized carbons (Fsp3) is 0.125. The van der Waals surface area contributed by atoms with E-state index in [1.165, 1.54) is 0 Å². The lowest BCUT2D eigenvalue weighted by molar-refractivity contribution is -0.140. The van der Waals surface area contributed by atoms with Gasteiger partial charge in [0.05, 0.1) is 0 Å². The van der Waals surface area contributed by atoms with Crippen LogP contribution in [0.2, 0.25) is 0 Å². The van der Waals surface area contributed by atoms with Gasteiger partial charge < -0.3 is 10.4 Å². The van der Waals surface area contributed by atoms with Crippen LogP contribution in [0.25, 0.3) is 11.1 Å². The quantitative estimate of drug-likeness (QED) is 0.819.